The zero-order valence-corrected chi connectivity index (χ0v) is 25.4. The summed E-state index contributed by atoms with van der Waals surface area (Å²) in [6, 6.07) is 60.8. The molecule has 8 aromatic rings. The van der Waals surface area contributed by atoms with Gasteiger partial charge in [-0.2, -0.15) is 0 Å². The lowest BCUT2D eigenvalue weighted by atomic mass is 9.72. The van der Waals surface area contributed by atoms with Crippen LogP contribution in [0.4, 0.5) is 0 Å². The molecule has 0 fully saturated rings. The van der Waals surface area contributed by atoms with Gasteiger partial charge in [0.25, 0.3) is 0 Å². The van der Waals surface area contributed by atoms with Crippen LogP contribution < -0.4 is 0 Å². The second-order valence-corrected chi connectivity index (χ2v) is 12.9. The average Bonchev–Trinajstić information content (AvgIpc) is 3.68. The van der Waals surface area contributed by atoms with Crippen LogP contribution in [0.5, 0.6) is 0 Å². The minimum Gasteiger partial charge on any atom is -0.309 e. The van der Waals surface area contributed by atoms with Crippen molar-refractivity contribution in [1.29, 1.82) is 0 Å². The van der Waals surface area contributed by atoms with Crippen molar-refractivity contribution in [1.82, 2.24) is 4.57 Å². The molecule has 1 aromatic heterocycles. The zero-order chi connectivity index (χ0) is 30.2. The Bertz CT molecular complexity index is 2350. The van der Waals surface area contributed by atoms with Crippen molar-refractivity contribution in [2.45, 2.75) is 18.3 Å². The standard InChI is InChI=1S/C45H31N/c1-3-11-29(12-4-1)31-19-23-43-40(25-31)41-26-32(30-13-5-2-6-14-30)20-24-44(41)46(43)34-21-22-37-39(28-34)36-17-9-10-18-38(36)45-35-16-8-7-15-33(35)27-42(37)45/h1-26,28,42,45H,27H2. The third-order valence-corrected chi connectivity index (χ3v) is 10.5. The van der Waals surface area contributed by atoms with Crippen LogP contribution in [0.1, 0.15) is 34.1 Å². The average molecular weight is 586 g/mol. The molecule has 1 heteroatoms. The van der Waals surface area contributed by atoms with E-state index in [1.165, 1.54) is 83.1 Å². The highest BCUT2D eigenvalue weighted by molar-refractivity contribution is 6.11. The summed E-state index contributed by atoms with van der Waals surface area (Å²) in [6.45, 7) is 0. The molecule has 1 nitrogen and oxygen atoms in total. The monoisotopic (exact) mass is 585 g/mol. The van der Waals surface area contributed by atoms with Crippen molar-refractivity contribution in [2.24, 2.45) is 0 Å². The van der Waals surface area contributed by atoms with Gasteiger partial charge < -0.3 is 4.57 Å². The van der Waals surface area contributed by atoms with Crippen molar-refractivity contribution in [3.8, 4) is 39.1 Å². The van der Waals surface area contributed by atoms with Crippen LogP contribution in [0.25, 0.3) is 60.9 Å². The molecule has 2 aliphatic carbocycles. The van der Waals surface area contributed by atoms with Gasteiger partial charge in [-0.3, -0.25) is 0 Å². The molecule has 0 amide bonds. The molecule has 10 rings (SSSR count). The van der Waals surface area contributed by atoms with Crippen molar-refractivity contribution in [3.63, 3.8) is 0 Å². The minimum absolute atomic E-state index is 0.423. The molecule has 46 heavy (non-hydrogen) atoms. The van der Waals surface area contributed by atoms with Crippen molar-refractivity contribution in [3.05, 3.63) is 186 Å². The lowest BCUT2D eigenvalue weighted by molar-refractivity contribution is 0.649. The fraction of sp³-hybridized carbons (Fsp3) is 0.0667. The summed E-state index contributed by atoms with van der Waals surface area (Å²) in [7, 11) is 0. The number of rotatable bonds is 3. The molecule has 0 bridgehead atoms. The fourth-order valence-corrected chi connectivity index (χ4v) is 8.44. The van der Waals surface area contributed by atoms with Gasteiger partial charge in [0.1, 0.15) is 0 Å². The summed E-state index contributed by atoms with van der Waals surface area (Å²) < 4.78 is 2.48. The first kappa shape index (κ1) is 25.6. The Kier molecular flexibility index (Phi) is 5.53. The number of hydrogen-bond acceptors (Lipinski definition) is 0. The highest BCUT2D eigenvalue weighted by Gasteiger charge is 2.40. The van der Waals surface area contributed by atoms with Crippen molar-refractivity contribution >= 4 is 21.8 Å². The number of hydrogen-bond donors (Lipinski definition) is 0. The summed E-state index contributed by atoms with van der Waals surface area (Å²) in [4.78, 5) is 0. The quantitative estimate of drug-likeness (QED) is 0.194. The van der Waals surface area contributed by atoms with Crippen molar-refractivity contribution < 1.29 is 0 Å². The minimum atomic E-state index is 0.423. The molecule has 7 aromatic carbocycles. The van der Waals surface area contributed by atoms with Crippen LogP contribution in [-0.4, -0.2) is 4.57 Å². The predicted octanol–water partition coefficient (Wildman–Crippen LogP) is 11.6. The van der Waals surface area contributed by atoms with Crippen LogP contribution >= 0.6 is 0 Å². The second kappa shape index (κ2) is 9.92. The van der Waals surface area contributed by atoms with Gasteiger partial charge in [0.2, 0.25) is 0 Å². The van der Waals surface area contributed by atoms with E-state index in [0.717, 1.165) is 6.42 Å². The van der Waals surface area contributed by atoms with Gasteiger partial charge in [0, 0.05) is 22.4 Å². The van der Waals surface area contributed by atoms with Gasteiger partial charge in [-0.1, -0.05) is 127 Å². The molecule has 0 spiro atoms. The van der Waals surface area contributed by atoms with Crippen LogP contribution in [0.2, 0.25) is 0 Å². The van der Waals surface area contributed by atoms with Crippen LogP contribution in [-0.2, 0) is 6.42 Å². The number of benzene rings is 7. The molecule has 0 saturated carbocycles. The molecule has 2 unspecified atom stereocenters. The highest BCUT2D eigenvalue weighted by Crippen LogP contribution is 2.55. The molecule has 216 valence electrons. The largest absolute Gasteiger partial charge is 0.309 e. The first-order valence-corrected chi connectivity index (χ1v) is 16.3. The van der Waals surface area contributed by atoms with Crippen LogP contribution in [0, 0.1) is 0 Å². The number of aromatic nitrogens is 1. The Hall–Kier alpha value is -5.66. The summed E-state index contributed by atoms with van der Waals surface area (Å²) >= 11 is 0. The zero-order valence-electron chi connectivity index (χ0n) is 25.4. The van der Waals surface area contributed by atoms with E-state index in [-0.39, 0.29) is 0 Å². The molecule has 0 N–H and O–H groups in total. The summed E-state index contributed by atoms with van der Waals surface area (Å²) in [6.07, 6.45) is 1.10. The smallest absolute Gasteiger partial charge is 0.0541 e. The lowest BCUT2D eigenvalue weighted by Gasteiger charge is -2.32. The maximum Gasteiger partial charge on any atom is 0.0541 e. The summed E-state index contributed by atoms with van der Waals surface area (Å²) in [5.74, 6) is 0.892. The van der Waals surface area contributed by atoms with Gasteiger partial charge >= 0.3 is 0 Å². The highest BCUT2D eigenvalue weighted by atomic mass is 15.0. The van der Waals surface area contributed by atoms with Crippen LogP contribution in [0.3, 0.4) is 0 Å². The molecule has 0 saturated heterocycles. The maximum atomic E-state index is 2.48. The summed E-state index contributed by atoms with van der Waals surface area (Å²) in [5, 5.41) is 2.55. The number of nitrogens with zero attached hydrogens (tertiary/aromatic N) is 1. The Balaban J connectivity index is 1.20. The first-order valence-electron chi connectivity index (χ1n) is 16.3. The number of fused-ring (bicyclic) bond motifs is 11. The molecular formula is C45H31N. The van der Waals surface area contributed by atoms with Gasteiger partial charge in [-0.25, -0.2) is 0 Å². The Morgan fingerprint density at radius 3 is 1.67 bits per heavy atom. The van der Waals surface area contributed by atoms with E-state index in [9.17, 15) is 0 Å². The Morgan fingerprint density at radius 2 is 1.00 bits per heavy atom. The van der Waals surface area contributed by atoms with Crippen LogP contribution in [0.15, 0.2) is 164 Å². The SMILES string of the molecule is c1ccc(-c2ccc3c(c2)c2cc(-c4ccccc4)ccc2n3-c2ccc3c(c2)-c2ccccc2C2c4ccccc4CC32)cc1. The third-order valence-electron chi connectivity index (χ3n) is 10.5. The van der Waals surface area contributed by atoms with E-state index in [1.807, 2.05) is 0 Å². The van der Waals surface area contributed by atoms with Gasteiger partial charge in [0.05, 0.1) is 11.0 Å². The van der Waals surface area contributed by atoms with Gasteiger partial charge in [0.15, 0.2) is 0 Å². The maximum absolute atomic E-state index is 2.48. The Labute approximate surface area is 269 Å². The van der Waals surface area contributed by atoms with E-state index in [1.54, 1.807) is 0 Å². The normalized spacial score (nSPS) is 16.2. The molecule has 1 heterocycles. The topological polar surface area (TPSA) is 4.93 Å². The summed E-state index contributed by atoms with van der Waals surface area (Å²) in [5.41, 5.74) is 17.3. The Morgan fingerprint density at radius 1 is 0.413 bits per heavy atom. The van der Waals surface area contributed by atoms with E-state index < -0.39 is 0 Å². The second-order valence-electron chi connectivity index (χ2n) is 12.9. The predicted molar refractivity (Wildman–Crippen MR) is 192 cm³/mol. The van der Waals surface area contributed by atoms with E-state index in [0.29, 0.717) is 11.8 Å². The molecule has 0 aliphatic heterocycles. The lowest BCUT2D eigenvalue weighted by Crippen LogP contribution is -2.15. The fourth-order valence-electron chi connectivity index (χ4n) is 8.44. The molecule has 2 atom stereocenters. The third kappa shape index (κ3) is 3.75. The van der Waals surface area contributed by atoms with Gasteiger partial charge in [-0.15, -0.1) is 0 Å². The molecule has 0 radical (unpaired) electrons. The van der Waals surface area contributed by atoms with E-state index in [2.05, 4.69) is 168 Å². The van der Waals surface area contributed by atoms with Gasteiger partial charge in [-0.05, 0) is 104 Å². The molecular weight excluding hydrogens is 555 g/mol. The van der Waals surface area contributed by atoms with E-state index in [4.69, 9.17) is 0 Å². The van der Waals surface area contributed by atoms with E-state index >= 15 is 0 Å². The van der Waals surface area contributed by atoms with Crippen molar-refractivity contribution in [2.75, 3.05) is 0 Å². The molecule has 2 aliphatic rings. The first-order chi connectivity index (χ1) is 22.8.